The number of carbonyl (C=O) groups is 1. The fraction of sp³-hybridized carbons (Fsp3) is 0.688. The second kappa shape index (κ2) is 9.08. The van der Waals surface area contributed by atoms with E-state index in [4.69, 9.17) is 5.73 Å². The average molecular weight is 337 g/mol. The van der Waals surface area contributed by atoms with E-state index in [2.05, 4.69) is 33.2 Å². The minimum Gasteiger partial charge on any atom is -0.356 e. The number of aromatic nitrogens is 2. The molecule has 1 aliphatic rings. The molecule has 128 valence electrons. The molecule has 6 nitrogen and oxygen atoms in total. The highest BCUT2D eigenvalue weighted by atomic mass is 32.2. The lowest BCUT2D eigenvalue weighted by Gasteiger charge is -2.33. The van der Waals surface area contributed by atoms with Gasteiger partial charge in [0, 0.05) is 30.9 Å². The summed E-state index contributed by atoms with van der Waals surface area (Å²) < 4.78 is 0. The Labute approximate surface area is 142 Å². The standard InChI is InChI=1S/C16H27N5OS/c1-3-12-10-15(19-11-18-12)21-7-4-13(5-8-21)20-16(22)14(17)6-9-23-2/h10-11,13-14H,3-9,17H2,1-2H3,(H,20,22)/t14-/m0/s1. The molecule has 1 aromatic rings. The number of aryl methyl sites for hydroxylation is 1. The Morgan fingerprint density at radius 2 is 2.22 bits per heavy atom. The second-order valence-electron chi connectivity index (χ2n) is 5.88. The molecular formula is C16H27N5OS. The lowest BCUT2D eigenvalue weighted by molar-refractivity contribution is -0.123. The molecular weight excluding hydrogens is 310 g/mol. The Morgan fingerprint density at radius 3 is 2.87 bits per heavy atom. The van der Waals surface area contributed by atoms with Gasteiger partial charge in [0.1, 0.15) is 12.1 Å². The monoisotopic (exact) mass is 337 g/mol. The smallest absolute Gasteiger partial charge is 0.237 e. The summed E-state index contributed by atoms with van der Waals surface area (Å²) in [7, 11) is 0. The van der Waals surface area contributed by atoms with Crippen molar-refractivity contribution in [2.45, 2.75) is 44.7 Å². The summed E-state index contributed by atoms with van der Waals surface area (Å²) in [5.41, 5.74) is 6.98. The molecule has 2 heterocycles. The normalized spacial score (nSPS) is 17.1. The zero-order valence-electron chi connectivity index (χ0n) is 14.0. The predicted molar refractivity (Wildman–Crippen MR) is 95.8 cm³/mol. The molecule has 0 bridgehead atoms. The number of piperidine rings is 1. The zero-order chi connectivity index (χ0) is 16.7. The van der Waals surface area contributed by atoms with Gasteiger partial charge in [-0.05, 0) is 37.7 Å². The van der Waals surface area contributed by atoms with E-state index in [1.54, 1.807) is 18.1 Å². The van der Waals surface area contributed by atoms with Crippen LogP contribution < -0.4 is 16.0 Å². The molecule has 1 atom stereocenters. The molecule has 0 spiro atoms. The molecule has 2 rings (SSSR count). The molecule has 0 radical (unpaired) electrons. The maximum Gasteiger partial charge on any atom is 0.237 e. The van der Waals surface area contributed by atoms with Crippen molar-refractivity contribution in [1.29, 1.82) is 0 Å². The number of nitrogens with zero attached hydrogens (tertiary/aromatic N) is 3. The Kier molecular flexibility index (Phi) is 7.11. The van der Waals surface area contributed by atoms with Crippen LogP contribution in [-0.4, -0.2) is 53.1 Å². The van der Waals surface area contributed by atoms with E-state index in [1.807, 2.05) is 6.26 Å². The van der Waals surface area contributed by atoms with Gasteiger partial charge in [-0.2, -0.15) is 11.8 Å². The fourth-order valence-electron chi connectivity index (χ4n) is 2.69. The van der Waals surface area contributed by atoms with E-state index in [1.165, 1.54) is 0 Å². The summed E-state index contributed by atoms with van der Waals surface area (Å²) >= 11 is 1.72. The molecule has 7 heteroatoms. The molecule has 0 unspecified atom stereocenters. The summed E-state index contributed by atoms with van der Waals surface area (Å²) in [5, 5.41) is 3.09. The third kappa shape index (κ3) is 5.35. The van der Waals surface area contributed by atoms with Crippen LogP contribution in [-0.2, 0) is 11.2 Å². The predicted octanol–water partition coefficient (Wildman–Crippen LogP) is 1.20. The van der Waals surface area contributed by atoms with Crippen molar-refractivity contribution in [1.82, 2.24) is 15.3 Å². The molecule has 3 N–H and O–H groups in total. The topological polar surface area (TPSA) is 84.1 Å². The summed E-state index contributed by atoms with van der Waals surface area (Å²) in [5.74, 6) is 1.88. The molecule has 1 amide bonds. The van der Waals surface area contributed by atoms with E-state index in [0.29, 0.717) is 0 Å². The van der Waals surface area contributed by atoms with E-state index in [9.17, 15) is 4.79 Å². The number of thioether (sulfide) groups is 1. The number of hydrogen-bond acceptors (Lipinski definition) is 6. The highest BCUT2D eigenvalue weighted by Crippen LogP contribution is 2.18. The number of anilines is 1. The lowest BCUT2D eigenvalue weighted by Crippen LogP contribution is -2.50. The van der Waals surface area contributed by atoms with Gasteiger partial charge in [0.2, 0.25) is 5.91 Å². The Hall–Kier alpha value is -1.34. The van der Waals surface area contributed by atoms with Gasteiger partial charge in [0.25, 0.3) is 0 Å². The summed E-state index contributed by atoms with van der Waals surface area (Å²) in [4.78, 5) is 22.9. The molecule has 1 saturated heterocycles. The lowest BCUT2D eigenvalue weighted by atomic mass is 10.0. The SMILES string of the molecule is CCc1cc(N2CCC(NC(=O)[C@@H](N)CCSC)CC2)ncn1. The van der Waals surface area contributed by atoms with Crippen molar-refractivity contribution < 1.29 is 4.79 Å². The van der Waals surface area contributed by atoms with Gasteiger partial charge >= 0.3 is 0 Å². The second-order valence-corrected chi connectivity index (χ2v) is 6.86. The van der Waals surface area contributed by atoms with Gasteiger partial charge in [-0.25, -0.2) is 9.97 Å². The molecule has 1 aromatic heterocycles. The van der Waals surface area contributed by atoms with E-state index >= 15 is 0 Å². The number of hydrogen-bond donors (Lipinski definition) is 2. The van der Waals surface area contributed by atoms with Gasteiger partial charge in [-0.15, -0.1) is 0 Å². The van der Waals surface area contributed by atoms with Gasteiger partial charge in [-0.3, -0.25) is 4.79 Å². The minimum atomic E-state index is -0.394. The van der Waals surface area contributed by atoms with Crippen LogP contribution in [0.2, 0.25) is 0 Å². The molecule has 0 saturated carbocycles. The van der Waals surface area contributed by atoms with Gasteiger partial charge < -0.3 is 16.0 Å². The average Bonchev–Trinajstić information content (AvgIpc) is 2.60. The number of amides is 1. The van der Waals surface area contributed by atoms with Crippen LogP contribution in [0.3, 0.4) is 0 Å². The maximum absolute atomic E-state index is 12.1. The van der Waals surface area contributed by atoms with Crippen LogP contribution in [0.15, 0.2) is 12.4 Å². The summed E-state index contributed by atoms with van der Waals surface area (Å²) in [6.07, 6.45) is 7.14. The van der Waals surface area contributed by atoms with Crippen LogP contribution in [0.5, 0.6) is 0 Å². The first-order valence-corrected chi connectivity index (χ1v) is 9.64. The van der Waals surface area contributed by atoms with Gasteiger partial charge in [0.15, 0.2) is 0 Å². The van der Waals surface area contributed by atoms with Crippen molar-refractivity contribution in [3.8, 4) is 0 Å². The summed E-state index contributed by atoms with van der Waals surface area (Å²) in [6.45, 7) is 3.88. The van der Waals surface area contributed by atoms with Crippen LogP contribution in [0.1, 0.15) is 31.9 Å². The maximum atomic E-state index is 12.1. The molecule has 1 fully saturated rings. The quantitative estimate of drug-likeness (QED) is 0.778. The Bertz CT molecular complexity index is 505. The third-order valence-corrected chi connectivity index (χ3v) is 4.85. The van der Waals surface area contributed by atoms with E-state index in [-0.39, 0.29) is 11.9 Å². The fourth-order valence-corrected chi connectivity index (χ4v) is 3.18. The number of rotatable bonds is 7. The van der Waals surface area contributed by atoms with Gasteiger partial charge in [-0.1, -0.05) is 6.92 Å². The first-order valence-electron chi connectivity index (χ1n) is 8.24. The highest BCUT2D eigenvalue weighted by Gasteiger charge is 2.23. The van der Waals surface area contributed by atoms with Crippen molar-refractivity contribution in [3.05, 3.63) is 18.1 Å². The number of nitrogens with two attached hydrogens (primary N) is 1. The van der Waals surface area contributed by atoms with Crippen molar-refractivity contribution >= 4 is 23.5 Å². The highest BCUT2D eigenvalue weighted by molar-refractivity contribution is 7.98. The van der Waals surface area contributed by atoms with Crippen LogP contribution in [0.4, 0.5) is 5.82 Å². The molecule has 23 heavy (non-hydrogen) atoms. The summed E-state index contributed by atoms with van der Waals surface area (Å²) in [6, 6.07) is 1.87. The van der Waals surface area contributed by atoms with Crippen molar-refractivity contribution in [3.63, 3.8) is 0 Å². The molecule has 0 aliphatic carbocycles. The van der Waals surface area contributed by atoms with Gasteiger partial charge in [0.05, 0.1) is 6.04 Å². The van der Waals surface area contributed by atoms with E-state index < -0.39 is 6.04 Å². The first-order chi connectivity index (χ1) is 11.1. The number of carbonyl (C=O) groups excluding carboxylic acids is 1. The van der Waals surface area contributed by atoms with Crippen LogP contribution >= 0.6 is 11.8 Å². The van der Waals surface area contributed by atoms with Crippen molar-refractivity contribution in [2.75, 3.05) is 30.0 Å². The first kappa shape index (κ1) is 18.0. The minimum absolute atomic E-state index is 0.0206. The number of nitrogens with one attached hydrogen (secondary N) is 1. The van der Waals surface area contributed by atoms with Crippen LogP contribution in [0.25, 0.3) is 0 Å². The van der Waals surface area contributed by atoms with Crippen LogP contribution in [0, 0.1) is 0 Å². The zero-order valence-corrected chi connectivity index (χ0v) is 14.8. The molecule has 0 aromatic carbocycles. The Balaban J connectivity index is 1.80. The third-order valence-electron chi connectivity index (χ3n) is 4.21. The van der Waals surface area contributed by atoms with Crippen molar-refractivity contribution in [2.24, 2.45) is 5.73 Å². The largest absolute Gasteiger partial charge is 0.356 e. The molecule has 1 aliphatic heterocycles. The van der Waals surface area contributed by atoms with E-state index in [0.717, 1.165) is 56.0 Å². The Morgan fingerprint density at radius 1 is 1.48 bits per heavy atom.